The standard InChI is InChI=1S/C16H21FN2O2/c1-2-6-18-14-10-21-9-13(14)16(20)19-7-5-11-3-4-12(17)8-15(11)19/h3-4,8,13-14,18H,2,5-7,9-10H2,1H3. The zero-order valence-corrected chi connectivity index (χ0v) is 12.3. The minimum atomic E-state index is -0.295. The fraction of sp³-hybridized carbons (Fsp3) is 0.562. The van der Waals surface area contributed by atoms with Crippen molar-refractivity contribution in [3.8, 4) is 0 Å². The highest BCUT2D eigenvalue weighted by atomic mass is 19.1. The molecule has 0 bridgehead atoms. The molecule has 2 unspecified atom stereocenters. The second-order valence-corrected chi connectivity index (χ2v) is 5.72. The number of fused-ring (bicyclic) bond motifs is 1. The Hall–Kier alpha value is -1.46. The molecule has 0 aliphatic carbocycles. The summed E-state index contributed by atoms with van der Waals surface area (Å²) >= 11 is 0. The zero-order chi connectivity index (χ0) is 14.8. The number of carbonyl (C=O) groups excluding carboxylic acids is 1. The number of benzene rings is 1. The van der Waals surface area contributed by atoms with Crippen molar-refractivity contribution >= 4 is 11.6 Å². The van der Waals surface area contributed by atoms with Crippen LogP contribution in [0.5, 0.6) is 0 Å². The number of amides is 1. The van der Waals surface area contributed by atoms with E-state index >= 15 is 0 Å². The molecule has 2 aliphatic rings. The van der Waals surface area contributed by atoms with Crippen molar-refractivity contribution in [1.82, 2.24) is 5.32 Å². The molecule has 2 atom stereocenters. The van der Waals surface area contributed by atoms with E-state index in [9.17, 15) is 9.18 Å². The van der Waals surface area contributed by atoms with Gasteiger partial charge in [-0.3, -0.25) is 4.79 Å². The third-order valence-electron chi connectivity index (χ3n) is 4.26. The molecule has 0 aromatic heterocycles. The predicted octanol–water partition coefficient (Wildman–Crippen LogP) is 1.73. The summed E-state index contributed by atoms with van der Waals surface area (Å²) in [6, 6.07) is 4.76. The Morgan fingerprint density at radius 3 is 3.14 bits per heavy atom. The van der Waals surface area contributed by atoms with E-state index in [0.29, 0.717) is 19.8 Å². The highest BCUT2D eigenvalue weighted by Gasteiger charge is 2.38. The Balaban J connectivity index is 1.76. The molecule has 4 nitrogen and oxygen atoms in total. The Morgan fingerprint density at radius 2 is 2.33 bits per heavy atom. The molecule has 21 heavy (non-hydrogen) atoms. The topological polar surface area (TPSA) is 41.6 Å². The third-order valence-corrected chi connectivity index (χ3v) is 4.26. The van der Waals surface area contributed by atoms with Crippen molar-refractivity contribution in [1.29, 1.82) is 0 Å². The summed E-state index contributed by atoms with van der Waals surface area (Å²) in [4.78, 5) is 14.5. The third kappa shape index (κ3) is 2.80. The fourth-order valence-electron chi connectivity index (χ4n) is 3.11. The highest BCUT2D eigenvalue weighted by molar-refractivity contribution is 5.97. The lowest BCUT2D eigenvalue weighted by Gasteiger charge is -2.24. The number of hydrogen-bond donors (Lipinski definition) is 1. The lowest BCUT2D eigenvalue weighted by molar-refractivity contribution is -0.122. The van der Waals surface area contributed by atoms with Crippen molar-refractivity contribution in [2.45, 2.75) is 25.8 Å². The Kier molecular flexibility index (Phi) is 4.22. The van der Waals surface area contributed by atoms with Gasteiger partial charge in [0, 0.05) is 18.3 Å². The number of nitrogens with zero attached hydrogens (tertiary/aromatic N) is 1. The minimum Gasteiger partial charge on any atom is -0.379 e. The molecular formula is C16H21FN2O2. The van der Waals surface area contributed by atoms with E-state index in [4.69, 9.17) is 4.74 Å². The normalized spacial score (nSPS) is 24.4. The molecule has 1 fully saturated rings. The van der Waals surface area contributed by atoms with Crippen LogP contribution in [0.25, 0.3) is 0 Å². The van der Waals surface area contributed by atoms with Crippen molar-refractivity contribution < 1.29 is 13.9 Å². The zero-order valence-electron chi connectivity index (χ0n) is 12.3. The summed E-state index contributed by atoms with van der Waals surface area (Å²) in [6.45, 7) is 4.62. The molecule has 1 aromatic rings. The quantitative estimate of drug-likeness (QED) is 0.919. The van der Waals surface area contributed by atoms with E-state index < -0.39 is 0 Å². The maximum atomic E-state index is 13.4. The number of ether oxygens (including phenoxy) is 1. The van der Waals surface area contributed by atoms with Gasteiger partial charge in [-0.15, -0.1) is 0 Å². The van der Waals surface area contributed by atoms with Crippen LogP contribution in [0, 0.1) is 11.7 Å². The van der Waals surface area contributed by atoms with Gasteiger partial charge in [0.05, 0.1) is 19.1 Å². The average Bonchev–Trinajstić information content (AvgIpc) is 3.10. The lowest BCUT2D eigenvalue weighted by atomic mass is 10.0. The van der Waals surface area contributed by atoms with Crippen LogP contribution in [-0.4, -0.2) is 38.3 Å². The molecule has 2 aliphatic heterocycles. The van der Waals surface area contributed by atoms with Gasteiger partial charge in [0.25, 0.3) is 0 Å². The molecule has 0 radical (unpaired) electrons. The molecule has 2 heterocycles. The summed E-state index contributed by atoms with van der Waals surface area (Å²) in [5.41, 5.74) is 1.77. The molecule has 3 rings (SSSR count). The predicted molar refractivity (Wildman–Crippen MR) is 78.8 cm³/mol. The van der Waals surface area contributed by atoms with E-state index in [1.54, 1.807) is 11.0 Å². The summed E-state index contributed by atoms with van der Waals surface area (Å²) in [6.07, 6.45) is 1.82. The number of halogens is 1. The maximum absolute atomic E-state index is 13.4. The van der Waals surface area contributed by atoms with E-state index in [0.717, 1.165) is 30.6 Å². The van der Waals surface area contributed by atoms with Gasteiger partial charge < -0.3 is 15.0 Å². The first-order valence-corrected chi connectivity index (χ1v) is 7.61. The second kappa shape index (κ2) is 6.12. The van der Waals surface area contributed by atoms with E-state index in [2.05, 4.69) is 12.2 Å². The van der Waals surface area contributed by atoms with Gasteiger partial charge >= 0.3 is 0 Å². The fourth-order valence-corrected chi connectivity index (χ4v) is 3.11. The maximum Gasteiger partial charge on any atom is 0.234 e. The van der Waals surface area contributed by atoms with Crippen LogP contribution in [0.15, 0.2) is 18.2 Å². The SMILES string of the molecule is CCCNC1COCC1C(=O)N1CCc2ccc(F)cc21. The Labute approximate surface area is 124 Å². The Bertz CT molecular complexity index is 535. The molecule has 1 saturated heterocycles. The van der Waals surface area contributed by atoms with Crippen LogP contribution in [0.2, 0.25) is 0 Å². The first-order chi connectivity index (χ1) is 10.2. The van der Waals surface area contributed by atoms with Gasteiger partial charge in [0.1, 0.15) is 5.82 Å². The first-order valence-electron chi connectivity index (χ1n) is 7.61. The van der Waals surface area contributed by atoms with Gasteiger partial charge in [-0.05, 0) is 37.1 Å². The molecular weight excluding hydrogens is 271 g/mol. The largest absolute Gasteiger partial charge is 0.379 e. The van der Waals surface area contributed by atoms with Crippen LogP contribution >= 0.6 is 0 Å². The van der Waals surface area contributed by atoms with Crippen LogP contribution in [-0.2, 0) is 16.0 Å². The minimum absolute atomic E-state index is 0.0467. The van der Waals surface area contributed by atoms with Gasteiger partial charge in [0.15, 0.2) is 0 Å². The van der Waals surface area contributed by atoms with Crippen LogP contribution < -0.4 is 10.2 Å². The van der Waals surface area contributed by atoms with Crippen molar-refractivity contribution in [2.24, 2.45) is 5.92 Å². The first kappa shape index (κ1) is 14.5. The number of anilines is 1. The molecule has 5 heteroatoms. The monoisotopic (exact) mass is 292 g/mol. The van der Waals surface area contributed by atoms with E-state index in [-0.39, 0.29) is 23.7 Å². The molecule has 1 aromatic carbocycles. The van der Waals surface area contributed by atoms with Crippen molar-refractivity contribution in [2.75, 3.05) is 31.2 Å². The van der Waals surface area contributed by atoms with E-state index in [1.165, 1.54) is 12.1 Å². The summed E-state index contributed by atoms with van der Waals surface area (Å²) in [7, 11) is 0. The van der Waals surface area contributed by atoms with E-state index in [1.807, 2.05) is 0 Å². The molecule has 114 valence electrons. The Morgan fingerprint density at radius 1 is 1.48 bits per heavy atom. The summed E-state index contributed by atoms with van der Waals surface area (Å²) < 4.78 is 18.9. The highest BCUT2D eigenvalue weighted by Crippen LogP contribution is 2.31. The number of carbonyl (C=O) groups is 1. The number of hydrogen-bond acceptors (Lipinski definition) is 3. The van der Waals surface area contributed by atoms with Crippen LogP contribution in [0.3, 0.4) is 0 Å². The van der Waals surface area contributed by atoms with Crippen LogP contribution in [0.1, 0.15) is 18.9 Å². The molecule has 1 N–H and O–H groups in total. The lowest BCUT2D eigenvalue weighted by Crippen LogP contribution is -2.45. The molecule has 1 amide bonds. The van der Waals surface area contributed by atoms with Gasteiger partial charge in [-0.25, -0.2) is 4.39 Å². The number of nitrogens with one attached hydrogen (secondary N) is 1. The van der Waals surface area contributed by atoms with Crippen molar-refractivity contribution in [3.63, 3.8) is 0 Å². The van der Waals surface area contributed by atoms with Gasteiger partial charge in [0.2, 0.25) is 5.91 Å². The second-order valence-electron chi connectivity index (χ2n) is 5.72. The molecule has 0 spiro atoms. The smallest absolute Gasteiger partial charge is 0.234 e. The summed E-state index contributed by atoms with van der Waals surface area (Å²) in [5.74, 6) is -0.423. The van der Waals surface area contributed by atoms with Gasteiger partial charge in [-0.1, -0.05) is 13.0 Å². The summed E-state index contributed by atoms with van der Waals surface area (Å²) in [5, 5.41) is 3.37. The van der Waals surface area contributed by atoms with Gasteiger partial charge in [-0.2, -0.15) is 0 Å². The molecule has 0 saturated carbocycles. The van der Waals surface area contributed by atoms with Crippen LogP contribution in [0.4, 0.5) is 10.1 Å². The number of rotatable bonds is 4. The average molecular weight is 292 g/mol. The van der Waals surface area contributed by atoms with Crippen molar-refractivity contribution in [3.05, 3.63) is 29.6 Å².